The van der Waals surface area contributed by atoms with Gasteiger partial charge in [-0.05, 0) is 18.4 Å². The van der Waals surface area contributed by atoms with Crippen LogP contribution in [0.25, 0.3) is 6.08 Å². The molecule has 5 heteroatoms. The summed E-state index contributed by atoms with van der Waals surface area (Å²) in [6.45, 7) is 1.56. The number of ether oxygens (including phenoxy) is 1. The molecule has 1 fully saturated rings. The molecule has 110 valence electrons. The first-order valence-corrected chi connectivity index (χ1v) is 7.59. The fourth-order valence-electron chi connectivity index (χ4n) is 1.91. The average Bonchev–Trinajstić information content (AvgIpc) is 2.96. The molecule has 2 N–H and O–H groups in total. The van der Waals surface area contributed by atoms with Crippen LogP contribution in [0.15, 0.2) is 41.4 Å². The van der Waals surface area contributed by atoms with Gasteiger partial charge in [0.05, 0.1) is 12.6 Å². The van der Waals surface area contributed by atoms with Crippen molar-refractivity contribution in [2.45, 2.75) is 18.9 Å². The van der Waals surface area contributed by atoms with E-state index in [4.69, 9.17) is 10.5 Å². The van der Waals surface area contributed by atoms with Crippen LogP contribution in [0.5, 0.6) is 0 Å². The first-order valence-electron chi connectivity index (χ1n) is 6.60. The van der Waals surface area contributed by atoms with Crippen LogP contribution in [0.1, 0.15) is 18.4 Å². The molecule has 0 radical (unpaired) electrons. The minimum atomic E-state index is 0. The molecule has 3 nitrogen and oxygen atoms in total. The van der Waals surface area contributed by atoms with Crippen molar-refractivity contribution in [3.05, 3.63) is 42.0 Å². The van der Waals surface area contributed by atoms with E-state index >= 15 is 0 Å². The molecule has 1 unspecified atom stereocenters. The van der Waals surface area contributed by atoms with Crippen molar-refractivity contribution < 1.29 is 4.74 Å². The highest BCUT2D eigenvalue weighted by Crippen LogP contribution is 2.12. The van der Waals surface area contributed by atoms with Gasteiger partial charge in [-0.15, -0.1) is 12.4 Å². The minimum absolute atomic E-state index is 0. The van der Waals surface area contributed by atoms with Crippen molar-refractivity contribution in [2.75, 3.05) is 18.9 Å². The van der Waals surface area contributed by atoms with E-state index in [-0.39, 0.29) is 18.5 Å². The molecule has 2 rings (SSSR count). The third kappa shape index (κ3) is 6.46. The second kappa shape index (κ2) is 9.86. The normalized spacial score (nSPS) is 19.2. The number of rotatable bonds is 5. The lowest BCUT2D eigenvalue weighted by molar-refractivity contribution is 0.118. The lowest BCUT2D eigenvalue weighted by Gasteiger charge is -2.05. The highest BCUT2D eigenvalue weighted by Gasteiger charge is 2.14. The lowest BCUT2D eigenvalue weighted by atomic mass is 10.2. The van der Waals surface area contributed by atoms with Gasteiger partial charge in [0.25, 0.3) is 0 Å². The van der Waals surface area contributed by atoms with Crippen molar-refractivity contribution in [1.82, 2.24) is 0 Å². The smallest absolute Gasteiger partial charge is 0.154 e. The van der Waals surface area contributed by atoms with Gasteiger partial charge in [0.15, 0.2) is 5.17 Å². The summed E-state index contributed by atoms with van der Waals surface area (Å²) in [6.07, 6.45) is 6.73. The topological polar surface area (TPSA) is 47.6 Å². The zero-order valence-corrected chi connectivity index (χ0v) is 13.0. The lowest BCUT2D eigenvalue weighted by Crippen LogP contribution is -2.14. The summed E-state index contributed by atoms with van der Waals surface area (Å²) < 4.78 is 5.50. The predicted octanol–water partition coefficient (Wildman–Crippen LogP) is 3.35. The summed E-state index contributed by atoms with van der Waals surface area (Å²) in [5, 5.41) is 0.646. The number of nitrogens with two attached hydrogens (primary N) is 1. The number of aliphatic imine (C=N–C) groups is 1. The summed E-state index contributed by atoms with van der Waals surface area (Å²) in [4.78, 5) is 4.35. The van der Waals surface area contributed by atoms with Crippen LogP contribution in [0.2, 0.25) is 0 Å². The molecular weight excluding hydrogens is 292 g/mol. The highest BCUT2D eigenvalue weighted by molar-refractivity contribution is 8.13. The molecule has 0 aliphatic carbocycles. The van der Waals surface area contributed by atoms with Gasteiger partial charge in [0.1, 0.15) is 0 Å². The summed E-state index contributed by atoms with van der Waals surface area (Å²) >= 11 is 1.56. The van der Waals surface area contributed by atoms with E-state index in [1.807, 2.05) is 18.2 Å². The van der Waals surface area contributed by atoms with Gasteiger partial charge in [-0.2, -0.15) is 0 Å². The van der Waals surface area contributed by atoms with E-state index in [2.05, 4.69) is 29.3 Å². The number of amidine groups is 1. The second-order valence-corrected chi connectivity index (χ2v) is 5.48. The molecule has 0 amide bonds. The quantitative estimate of drug-likeness (QED) is 0.670. The Balaban J connectivity index is 0.00000200. The first kappa shape index (κ1) is 17.1. The maximum atomic E-state index is 5.85. The Morgan fingerprint density at radius 2 is 2.20 bits per heavy atom. The summed E-state index contributed by atoms with van der Waals surface area (Å²) in [5.74, 6) is 0.843. The molecule has 1 aromatic carbocycles. The number of halogens is 1. The Kier molecular flexibility index (Phi) is 8.42. The van der Waals surface area contributed by atoms with Gasteiger partial charge in [0.2, 0.25) is 0 Å². The van der Waals surface area contributed by atoms with E-state index in [0.717, 1.165) is 25.2 Å². The van der Waals surface area contributed by atoms with E-state index in [1.54, 1.807) is 11.8 Å². The molecule has 1 aromatic rings. The van der Waals surface area contributed by atoms with Crippen LogP contribution >= 0.6 is 24.2 Å². The molecule has 20 heavy (non-hydrogen) atoms. The second-order valence-electron chi connectivity index (χ2n) is 4.44. The van der Waals surface area contributed by atoms with Crippen molar-refractivity contribution in [1.29, 1.82) is 0 Å². The number of hydrogen-bond donors (Lipinski definition) is 1. The monoisotopic (exact) mass is 312 g/mol. The van der Waals surface area contributed by atoms with Gasteiger partial charge in [-0.1, -0.05) is 54.2 Å². The Morgan fingerprint density at radius 1 is 1.40 bits per heavy atom. The highest BCUT2D eigenvalue weighted by atomic mass is 35.5. The molecule has 1 saturated heterocycles. The standard InChI is InChI=1S/C15H20N2OS.ClH/c16-15(17-12-14-9-4-10-18-14)19-11-5-8-13-6-2-1-3-7-13;/h1-3,5-8,14H,4,9-12H2,(H2,16,17);1H. The van der Waals surface area contributed by atoms with Gasteiger partial charge < -0.3 is 10.5 Å². The largest absolute Gasteiger partial charge is 0.379 e. The molecular formula is C15H21ClN2OS. The summed E-state index contributed by atoms with van der Waals surface area (Å²) in [7, 11) is 0. The molecule has 1 aliphatic heterocycles. The van der Waals surface area contributed by atoms with Crippen LogP contribution in [0.3, 0.4) is 0 Å². The summed E-state index contributed by atoms with van der Waals surface area (Å²) in [6, 6.07) is 10.2. The van der Waals surface area contributed by atoms with Crippen LogP contribution in [0, 0.1) is 0 Å². The molecule has 0 saturated carbocycles. The Bertz CT molecular complexity index is 431. The van der Waals surface area contributed by atoms with Gasteiger partial charge in [0, 0.05) is 12.4 Å². The molecule has 1 atom stereocenters. The number of nitrogens with zero attached hydrogens (tertiary/aromatic N) is 1. The molecule has 0 spiro atoms. The van der Waals surface area contributed by atoms with Crippen molar-refractivity contribution >= 4 is 35.4 Å². The average molecular weight is 313 g/mol. The van der Waals surface area contributed by atoms with Crippen molar-refractivity contribution in [2.24, 2.45) is 10.7 Å². The number of benzene rings is 1. The van der Waals surface area contributed by atoms with Crippen LogP contribution in [0.4, 0.5) is 0 Å². The van der Waals surface area contributed by atoms with E-state index in [1.165, 1.54) is 5.56 Å². The maximum absolute atomic E-state index is 5.85. The third-order valence-electron chi connectivity index (χ3n) is 2.91. The van der Waals surface area contributed by atoms with Crippen molar-refractivity contribution in [3.63, 3.8) is 0 Å². The maximum Gasteiger partial charge on any atom is 0.154 e. The number of hydrogen-bond acceptors (Lipinski definition) is 3. The van der Waals surface area contributed by atoms with Crippen LogP contribution in [-0.4, -0.2) is 30.2 Å². The van der Waals surface area contributed by atoms with Crippen LogP contribution in [-0.2, 0) is 4.74 Å². The Labute approximate surface area is 131 Å². The Hall–Kier alpha value is -0.970. The molecule has 1 heterocycles. The van der Waals surface area contributed by atoms with E-state index in [9.17, 15) is 0 Å². The minimum Gasteiger partial charge on any atom is -0.379 e. The zero-order chi connectivity index (χ0) is 13.3. The molecule has 0 aromatic heterocycles. The fraction of sp³-hybridized carbons (Fsp3) is 0.400. The van der Waals surface area contributed by atoms with Gasteiger partial charge >= 0.3 is 0 Å². The third-order valence-corrected chi connectivity index (χ3v) is 3.70. The predicted molar refractivity (Wildman–Crippen MR) is 90.6 cm³/mol. The van der Waals surface area contributed by atoms with Gasteiger partial charge in [-0.25, -0.2) is 0 Å². The van der Waals surface area contributed by atoms with E-state index < -0.39 is 0 Å². The summed E-state index contributed by atoms with van der Waals surface area (Å²) in [5.41, 5.74) is 7.06. The van der Waals surface area contributed by atoms with Gasteiger partial charge in [-0.3, -0.25) is 4.99 Å². The molecule has 0 bridgehead atoms. The fourth-order valence-corrected chi connectivity index (χ4v) is 2.44. The first-order chi connectivity index (χ1) is 9.34. The Morgan fingerprint density at radius 3 is 2.90 bits per heavy atom. The zero-order valence-electron chi connectivity index (χ0n) is 11.4. The van der Waals surface area contributed by atoms with Crippen LogP contribution < -0.4 is 5.73 Å². The molecule has 1 aliphatic rings. The van der Waals surface area contributed by atoms with Crippen molar-refractivity contribution in [3.8, 4) is 0 Å². The SMILES string of the molecule is Cl.NC(=NCC1CCCO1)SCC=Cc1ccccc1. The number of thioether (sulfide) groups is 1. The van der Waals surface area contributed by atoms with E-state index in [0.29, 0.717) is 11.7 Å².